The molecule has 0 saturated heterocycles. The zero-order chi connectivity index (χ0) is 15.1. The lowest BCUT2D eigenvalue weighted by Gasteiger charge is -2.14. The topological polar surface area (TPSA) is 108 Å². The molecule has 20 heavy (non-hydrogen) atoms. The predicted molar refractivity (Wildman–Crippen MR) is 68.4 cm³/mol. The van der Waals surface area contributed by atoms with E-state index in [1.165, 1.54) is 20.3 Å². The van der Waals surface area contributed by atoms with E-state index in [-0.39, 0.29) is 30.3 Å². The van der Waals surface area contributed by atoms with E-state index in [0.717, 1.165) is 6.07 Å². The van der Waals surface area contributed by atoms with Crippen molar-refractivity contribution in [3.63, 3.8) is 0 Å². The van der Waals surface area contributed by atoms with Crippen molar-refractivity contribution in [1.29, 1.82) is 0 Å². The molecule has 1 unspecified atom stereocenters. The van der Waals surface area contributed by atoms with Crippen LogP contribution in [0.1, 0.15) is 10.4 Å². The van der Waals surface area contributed by atoms with Crippen molar-refractivity contribution in [2.24, 2.45) is 0 Å². The first-order valence-corrected chi connectivity index (χ1v) is 5.64. The van der Waals surface area contributed by atoms with Gasteiger partial charge in [0, 0.05) is 13.2 Å². The first kappa shape index (κ1) is 15.9. The number of benzene rings is 1. The molecule has 1 N–H and O–H groups in total. The Morgan fingerprint density at radius 3 is 2.55 bits per heavy atom. The van der Waals surface area contributed by atoms with Crippen LogP contribution in [0, 0.1) is 10.1 Å². The summed E-state index contributed by atoms with van der Waals surface area (Å²) in [5.74, 6) is 0.238. The summed E-state index contributed by atoms with van der Waals surface area (Å²) in [6.45, 7) is -0.0569. The van der Waals surface area contributed by atoms with Gasteiger partial charge in [-0.2, -0.15) is 0 Å². The van der Waals surface area contributed by atoms with E-state index >= 15 is 0 Å². The molecule has 110 valence electrons. The molecule has 1 aromatic carbocycles. The monoisotopic (exact) mass is 285 g/mol. The summed E-state index contributed by atoms with van der Waals surface area (Å²) >= 11 is 0. The molecule has 8 heteroatoms. The van der Waals surface area contributed by atoms with Crippen LogP contribution < -0.4 is 9.47 Å². The summed E-state index contributed by atoms with van der Waals surface area (Å²) in [6, 6.07) is 2.30. The molecule has 0 aliphatic carbocycles. The second-order valence-electron chi connectivity index (χ2n) is 3.86. The second-order valence-corrected chi connectivity index (χ2v) is 3.86. The normalized spacial score (nSPS) is 11.8. The maximum atomic E-state index is 10.9. The van der Waals surface area contributed by atoms with E-state index in [0.29, 0.717) is 6.29 Å². The van der Waals surface area contributed by atoms with Gasteiger partial charge in [0.15, 0.2) is 17.8 Å². The Morgan fingerprint density at radius 2 is 2.05 bits per heavy atom. The van der Waals surface area contributed by atoms with Crippen LogP contribution in [0.4, 0.5) is 5.69 Å². The summed E-state index contributed by atoms with van der Waals surface area (Å²) in [5.41, 5.74) is -0.506. The minimum Gasteiger partial charge on any atom is -0.493 e. The Hall–Kier alpha value is -2.19. The van der Waals surface area contributed by atoms with Gasteiger partial charge >= 0.3 is 0 Å². The Balaban J connectivity index is 3.01. The third kappa shape index (κ3) is 3.90. The van der Waals surface area contributed by atoms with E-state index in [2.05, 4.69) is 0 Å². The van der Waals surface area contributed by atoms with Gasteiger partial charge in [0.2, 0.25) is 0 Å². The average Bonchev–Trinajstić information content (AvgIpc) is 2.44. The third-order valence-electron chi connectivity index (χ3n) is 2.43. The van der Waals surface area contributed by atoms with Crippen molar-refractivity contribution in [3.05, 3.63) is 27.8 Å². The fraction of sp³-hybridized carbons (Fsp3) is 0.417. The van der Waals surface area contributed by atoms with Crippen molar-refractivity contribution in [3.8, 4) is 11.5 Å². The molecule has 0 amide bonds. The van der Waals surface area contributed by atoms with Crippen molar-refractivity contribution in [2.75, 3.05) is 27.4 Å². The molecule has 0 aromatic heterocycles. The van der Waals surface area contributed by atoms with Crippen molar-refractivity contribution >= 4 is 12.0 Å². The lowest BCUT2D eigenvalue weighted by Crippen LogP contribution is -2.22. The van der Waals surface area contributed by atoms with Gasteiger partial charge in [0.05, 0.1) is 30.3 Å². The molecule has 1 rings (SSSR count). The smallest absolute Gasteiger partial charge is 0.283 e. The van der Waals surface area contributed by atoms with Gasteiger partial charge in [0.1, 0.15) is 12.7 Å². The van der Waals surface area contributed by atoms with Crippen LogP contribution in [-0.2, 0) is 4.74 Å². The number of hydrogen-bond acceptors (Lipinski definition) is 7. The second kappa shape index (κ2) is 7.41. The van der Waals surface area contributed by atoms with Gasteiger partial charge in [0.25, 0.3) is 5.69 Å². The number of nitrogens with zero attached hydrogens (tertiary/aromatic N) is 1. The molecule has 0 aliphatic rings. The predicted octanol–water partition coefficient (Wildman–Crippen LogP) is 0.802. The van der Waals surface area contributed by atoms with Gasteiger partial charge in [-0.25, -0.2) is 0 Å². The van der Waals surface area contributed by atoms with Crippen LogP contribution in [0.2, 0.25) is 0 Å². The van der Waals surface area contributed by atoms with Crippen LogP contribution in [0.5, 0.6) is 11.5 Å². The summed E-state index contributed by atoms with van der Waals surface area (Å²) in [5, 5.41) is 20.3. The van der Waals surface area contributed by atoms with E-state index in [1.54, 1.807) is 0 Å². The number of nitro groups is 1. The highest BCUT2D eigenvalue weighted by Gasteiger charge is 2.20. The number of aliphatic hydroxyl groups excluding tert-OH is 1. The molecule has 0 aliphatic heterocycles. The summed E-state index contributed by atoms with van der Waals surface area (Å²) in [7, 11) is 2.77. The molecule has 0 heterocycles. The molecular formula is C12H15NO7. The van der Waals surface area contributed by atoms with E-state index in [1.807, 2.05) is 0 Å². The number of methoxy groups -OCH3 is 2. The number of hydrogen-bond donors (Lipinski definition) is 1. The molecular weight excluding hydrogens is 270 g/mol. The number of aliphatic hydroxyl groups is 1. The highest BCUT2D eigenvalue weighted by Crippen LogP contribution is 2.34. The Morgan fingerprint density at radius 1 is 1.35 bits per heavy atom. The number of rotatable bonds is 8. The minimum atomic E-state index is -0.880. The van der Waals surface area contributed by atoms with Crippen LogP contribution >= 0.6 is 0 Å². The lowest BCUT2D eigenvalue weighted by atomic mass is 10.1. The average molecular weight is 285 g/mol. The molecule has 1 aromatic rings. The lowest BCUT2D eigenvalue weighted by molar-refractivity contribution is -0.385. The van der Waals surface area contributed by atoms with Gasteiger partial charge in [-0.1, -0.05) is 0 Å². The molecule has 0 bridgehead atoms. The van der Waals surface area contributed by atoms with E-state index < -0.39 is 16.7 Å². The Labute approximate surface area is 115 Å². The number of carbonyl (C=O) groups excluding carboxylic acids is 1. The standard InChI is InChI=1S/C12H15NO7/c1-18-6-9(15)7-20-12-4-10(13(16)17)8(5-14)3-11(12)19-2/h3-5,9,15H,6-7H2,1-2H3. The quantitative estimate of drug-likeness (QED) is 0.427. The Kier molecular flexibility index (Phi) is 5.88. The minimum absolute atomic E-state index is 0.0663. The van der Waals surface area contributed by atoms with E-state index in [9.17, 15) is 20.0 Å². The summed E-state index contributed by atoms with van der Waals surface area (Å²) < 4.78 is 15.0. The van der Waals surface area contributed by atoms with Gasteiger partial charge in [-0.3, -0.25) is 14.9 Å². The first-order valence-electron chi connectivity index (χ1n) is 5.64. The molecule has 0 fully saturated rings. The molecule has 0 saturated carbocycles. The highest BCUT2D eigenvalue weighted by molar-refractivity contribution is 5.83. The van der Waals surface area contributed by atoms with Crippen molar-refractivity contribution in [1.82, 2.24) is 0 Å². The molecule has 0 spiro atoms. The summed E-state index contributed by atoms with van der Waals surface area (Å²) in [6.07, 6.45) is -0.515. The number of aldehydes is 1. The van der Waals surface area contributed by atoms with Gasteiger partial charge in [-0.05, 0) is 0 Å². The zero-order valence-electron chi connectivity index (χ0n) is 11.1. The molecule has 1 atom stereocenters. The van der Waals surface area contributed by atoms with E-state index in [4.69, 9.17) is 14.2 Å². The number of ether oxygens (including phenoxy) is 3. The largest absolute Gasteiger partial charge is 0.493 e. The van der Waals surface area contributed by atoms with Crippen molar-refractivity contribution < 1.29 is 29.0 Å². The fourth-order valence-corrected chi connectivity index (χ4v) is 1.52. The third-order valence-corrected chi connectivity index (χ3v) is 2.43. The first-order chi connectivity index (χ1) is 9.53. The maximum Gasteiger partial charge on any atom is 0.283 e. The Bertz CT molecular complexity index is 489. The van der Waals surface area contributed by atoms with Crippen LogP contribution in [0.3, 0.4) is 0 Å². The number of carbonyl (C=O) groups is 1. The van der Waals surface area contributed by atoms with Gasteiger partial charge < -0.3 is 19.3 Å². The maximum absolute atomic E-state index is 10.9. The van der Waals surface area contributed by atoms with Crippen LogP contribution in [0.25, 0.3) is 0 Å². The fourth-order valence-electron chi connectivity index (χ4n) is 1.52. The molecule has 0 radical (unpaired) electrons. The SMILES string of the molecule is COCC(O)COc1cc([N+](=O)[O-])c(C=O)cc1OC. The highest BCUT2D eigenvalue weighted by atomic mass is 16.6. The van der Waals surface area contributed by atoms with Crippen molar-refractivity contribution in [2.45, 2.75) is 6.10 Å². The zero-order valence-corrected chi connectivity index (χ0v) is 11.1. The summed E-state index contributed by atoms with van der Waals surface area (Å²) in [4.78, 5) is 21.0. The van der Waals surface area contributed by atoms with Gasteiger partial charge in [-0.15, -0.1) is 0 Å². The molecule has 8 nitrogen and oxygen atoms in total. The van der Waals surface area contributed by atoms with Crippen LogP contribution in [-0.4, -0.2) is 49.9 Å². The van der Waals surface area contributed by atoms with Crippen LogP contribution in [0.15, 0.2) is 12.1 Å². The number of nitro benzene ring substituents is 1.